The zero-order valence-corrected chi connectivity index (χ0v) is 17.3. The summed E-state index contributed by atoms with van der Waals surface area (Å²) >= 11 is 5.98. The van der Waals surface area contributed by atoms with E-state index < -0.39 is 10.0 Å². The number of rotatable bonds is 6. The van der Waals surface area contributed by atoms with Gasteiger partial charge in [-0.1, -0.05) is 11.6 Å². The number of benzene rings is 1. The van der Waals surface area contributed by atoms with Gasteiger partial charge in [0.05, 0.1) is 21.8 Å². The fraction of sp³-hybridized carbons (Fsp3) is 0.500. The summed E-state index contributed by atoms with van der Waals surface area (Å²) in [6.07, 6.45) is 2.24. The van der Waals surface area contributed by atoms with Gasteiger partial charge in [0.25, 0.3) is 0 Å². The van der Waals surface area contributed by atoms with Crippen molar-refractivity contribution in [3.8, 4) is 0 Å². The van der Waals surface area contributed by atoms with Crippen molar-refractivity contribution in [3.05, 3.63) is 44.7 Å². The quantitative estimate of drug-likeness (QED) is 0.772. The summed E-state index contributed by atoms with van der Waals surface area (Å²) in [5, 5.41) is 4.80. The van der Waals surface area contributed by atoms with Gasteiger partial charge in [-0.15, -0.1) is 0 Å². The zero-order valence-electron chi connectivity index (χ0n) is 15.7. The standard InChI is InChI=1S/C18H26ClN3O2S/c1-11-12(2)14(4)18(15(5)13(11)3)25(23,24)21-8-7-9-22-16(6)17(19)10-20-22/h10,21H,7-9H2,1-6H3. The summed E-state index contributed by atoms with van der Waals surface area (Å²) in [6, 6.07) is 0. The number of aromatic nitrogens is 2. The van der Waals surface area contributed by atoms with Gasteiger partial charge in [-0.05, 0) is 75.8 Å². The topological polar surface area (TPSA) is 64.0 Å². The van der Waals surface area contributed by atoms with Crippen LogP contribution in [-0.4, -0.2) is 24.7 Å². The first-order valence-electron chi connectivity index (χ1n) is 8.32. The number of sulfonamides is 1. The molecule has 1 N–H and O–H groups in total. The van der Waals surface area contributed by atoms with E-state index in [1.165, 1.54) is 0 Å². The number of nitrogens with one attached hydrogen (secondary N) is 1. The molecule has 25 heavy (non-hydrogen) atoms. The highest BCUT2D eigenvalue weighted by Gasteiger charge is 2.23. The maximum atomic E-state index is 12.8. The Morgan fingerprint density at radius 1 is 1.00 bits per heavy atom. The van der Waals surface area contributed by atoms with Gasteiger partial charge in [-0.25, -0.2) is 13.1 Å². The van der Waals surface area contributed by atoms with Crippen LogP contribution in [0, 0.1) is 41.5 Å². The molecule has 0 aliphatic heterocycles. The fourth-order valence-corrected chi connectivity index (χ4v) is 4.84. The van der Waals surface area contributed by atoms with E-state index in [9.17, 15) is 8.42 Å². The van der Waals surface area contributed by atoms with Gasteiger partial charge < -0.3 is 0 Å². The van der Waals surface area contributed by atoms with Crippen LogP contribution in [0.2, 0.25) is 5.02 Å². The Morgan fingerprint density at radius 2 is 1.52 bits per heavy atom. The van der Waals surface area contributed by atoms with Gasteiger partial charge in [-0.3, -0.25) is 4.68 Å². The van der Waals surface area contributed by atoms with Crippen LogP contribution in [0.4, 0.5) is 0 Å². The molecule has 1 aromatic carbocycles. The van der Waals surface area contributed by atoms with Gasteiger partial charge in [0, 0.05) is 13.1 Å². The Labute approximate surface area is 155 Å². The van der Waals surface area contributed by atoms with Crippen LogP contribution in [0.25, 0.3) is 0 Å². The van der Waals surface area contributed by atoms with Crippen molar-refractivity contribution < 1.29 is 8.42 Å². The van der Waals surface area contributed by atoms with Gasteiger partial charge in [-0.2, -0.15) is 5.10 Å². The second-order valence-electron chi connectivity index (χ2n) is 6.51. The maximum absolute atomic E-state index is 12.8. The minimum absolute atomic E-state index is 0.351. The summed E-state index contributed by atoms with van der Waals surface area (Å²) < 4.78 is 30.1. The van der Waals surface area contributed by atoms with Gasteiger partial charge >= 0.3 is 0 Å². The first-order chi connectivity index (χ1) is 11.6. The lowest BCUT2D eigenvalue weighted by Gasteiger charge is -2.19. The summed E-state index contributed by atoms with van der Waals surface area (Å²) in [5.41, 5.74) is 5.75. The second kappa shape index (κ2) is 7.48. The SMILES string of the molecule is Cc1c(C)c(C)c(S(=O)(=O)NCCCn2ncc(Cl)c2C)c(C)c1C. The normalized spacial score (nSPS) is 12.0. The van der Waals surface area contributed by atoms with Crippen LogP contribution in [0.5, 0.6) is 0 Å². The van der Waals surface area contributed by atoms with E-state index in [0.717, 1.165) is 33.5 Å². The molecule has 0 bridgehead atoms. The number of aryl methyl sites for hydroxylation is 1. The van der Waals surface area contributed by atoms with E-state index in [2.05, 4.69) is 9.82 Å². The Kier molecular flexibility index (Phi) is 5.97. The predicted octanol–water partition coefficient (Wildman–Crippen LogP) is 3.76. The van der Waals surface area contributed by atoms with E-state index in [1.807, 2.05) is 41.5 Å². The smallest absolute Gasteiger partial charge is 0.241 e. The van der Waals surface area contributed by atoms with Crippen molar-refractivity contribution in [1.29, 1.82) is 0 Å². The largest absolute Gasteiger partial charge is 0.268 e. The molecule has 0 aliphatic rings. The monoisotopic (exact) mass is 383 g/mol. The molecule has 2 aromatic rings. The van der Waals surface area contributed by atoms with E-state index in [4.69, 9.17) is 11.6 Å². The molecule has 0 saturated heterocycles. The van der Waals surface area contributed by atoms with Gasteiger partial charge in [0.2, 0.25) is 10.0 Å². The van der Waals surface area contributed by atoms with Crippen LogP contribution in [0.15, 0.2) is 11.1 Å². The molecule has 7 heteroatoms. The number of halogens is 1. The first kappa shape index (κ1) is 19.9. The van der Waals surface area contributed by atoms with E-state index in [-0.39, 0.29) is 0 Å². The molecule has 0 atom stereocenters. The molecule has 0 amide bonds. The van der Waals surface area contributed by atoms with Crippen LogP contribution >= 0.6 is 11.6 Å². The minimum atomic E-state index is -3.55. The van der Waals surface area contributed by atoms with E-state index in [0.29, 0.717) is 29.4 Å². The highest BCUT2D eigenvalue weighted by atomic mass is 35.5. The lowest BCUT2D eigenvalue weighted by Crippen LogP contribution is -2.27. The van der Waals surface area contributed by atoms with Crippen molar-refractivity contribution >= 4 is 21.6 Å². The Hall–Kier alpha value is -1.37. The Balaban J connectivity index is 2.14. The van der Waals surface area contributed by atoms with Crippen molar-refractivity contribution in [1.82, 2.24) is 14.5 Å². The lowest BCUT2D eigenvalue weighted by atomic mass is 9.95. The average molecular weight is 384 g/mol. The Bertz CT molecular complexity index is 873. The second-order valence-corrected chi connectivity index (χ2v) is 8.62. The van der Waals surface area contributed by atoms with Crippen molar-refractivity contribution in [2.45, 2.75) is 59.4 Å². The van der Waals surface area contributed by atoms with Crippen LogP contribution in [0.1, 0.15) is 39.9 Å². The van der Waals surface area contributed by atoms with Gasteiger partial charge in [0.15, 0.2) is 0 Å². The molecule has 5 nitrogen and oxygen atoms in total. The molecule has 0 saturated carbocycles. The average Bonchev–Trinajstić information content (AvgIpc) is 2.87. The molecule has 0 spiro atoms. The van der Waals surface area contributed by atoms with Crippen molar-refractivity contribution in [2.24, 2.45) is 0 Å². The first-order valence-corrected chi connectivity index (χ1v) is 10.2. The molecule has 2 rings (SSSR count). The fourth-order valence-electron chi connectivity index (χ4n) is 3.03. The third kappa shape index (κ3) is 3.91. The number of nitrogens with zero attached hydrogens (tertiary/aromatic N) is 2. The molecule has 0 fully saturated rings. The number of hydrogen-bond donors (Lipinski definition) is 1. The van der Waals surface area contributed by atoms with Crippen LogP contribution in [0.3, 0.4) is 0 Å². The number of hydrogen-bond acceptors (Lipinski definition) is 3. The molecule has 0 aliphatic carbocycles. The van der Waals surface area contributed by atoms with Crippen molar-refractivity contribution in [3.63, 3.8) is 0 Å². The van der Waals surface area contributed by atoms with E-state index in [1.54, 1.807) is 10.9 Å². The highest BCUT2D eigenvalue weighted by Crippen LogP contribution is 2.29. The molecule has 1 heterocycles. The molecule has 0 unspecified atom stereocenters. The van der Waals surface area contributed by atoms with Crippen LogP contribution < -0.4 is 4.72 Å². The van der Waals surface area contributed by atoms with Crippen molar-refractivity contribution in [2.75, 3.05) is 6.54 Å². The summed E-state index contributed by atoms with van der Waals surface area (Å²) in [7, 11) is -3.55. The zero-order chi connectivity index (χ0) is 18.9. The third-order valence-electron chi connectivity index (χ3n) is 5.08. The van der Waals surface area contributed by atoms with Gasteiger partial charge in [0.1, 0.15) is 0 Å². The molecule has 138 valence electrons. The third-order valence-corrected chi connectivity index (χ3v) is 7.19. The lowest BCUT2D eigenvalue weighted by molar-refractivity contribution is 0.545. The molecular weight excluding hydrogens is 358 g/mol. The van der Waals surface area contributed by atoms with Crippen LogP contribution in [-0.2, 0) is 16.6 Å². The van der Waals surface area contributed by atoms with E-state index >= 15 is 0 Å². The summed E-state index contributed by atoms with van der Waals surface area (Å²) in [4.78, 5) is 0.409. The highest BCUT2D eigenvalue weighted by molar-refractivity contribution is 7.89. The molecule has 0 radical (unpaired) electrons. The Morgan fingerprint density at radius 3 is 2.00 bits per heavy atom. The maximum Gasteiger partial charge on any atom is 0.241 e. The molecule has 1 aromatic heterocycles. The summed E-state index contributed by atoms with van der Waals surface area (Å²) in [5.74, 6) is 0. The predicted molar refractivity (Wildman–Crippen MR) is 102 cm³/mol. The summed E-state index contributed by atoms with van der Waals surface area (Å²) in [6.45, 7) is 12.6. The minimum Gasteiger partial charge on any atom is -0.268 e. The molecular formula is C18H26ClN3O2S.